The Labute approximate surface area is 206 Å². The van der Waals surface area contributed by atoms with Crippen molar-refractivity contribution in [2.24, 2.45) is 15.7 Å². The monoisotopic (exact) mass is 494 g/mol. The molecule has 2 N–H and O–H groups in total. The van der Waals surface area contributed by atoms with Crippen molar-refractivity contribution in [1.82, 2.24) is 15.1 Å². The maximum atomic E-state index is 12.4. The zero-order valence-electron chi connectivity index (χ0n) is 20.6. The summed E-state index contributed by atoms with van der Waals surface area (Å²) in [6.45, 7) is 9.36. The van der Waals surface area contributed by atoms with Crippen LogP contribution in [-0.4, -0.2) is 55.3 Å². The Kier molecular flexibility index (Phi) is 7.98. The number of benzene rings is 2. The third kappa shape index (κ3) is 6.09. The molecule has 0 bridgehead atoms. The molecule has 10 heteroatoms. The molecule has 2 aromatic carbocycles. The largest absolute Gasteiger partial charge is 0.414 e. The summed E-state index contributed by atoms with van der Waals surface area (Å²) in [5.41, 5.74) is 9.41. The molecule has 0 spiro atoms. The highest BCUT2D eigenvalue weighted by atomic mass is 32.2. The molecule has 0 atom stereocenters. The standard InChI is InChI=1S/C25H30N6O3S/c1-16(2)35(32,33)21-13-11-19(12-14-21)17(3)28-22(23(26)27-4)25-30-29-24(34-25)20-9-7-18(8-10-20)15-31(5)6/h7-14,16H,4,15,26H2,1-3,5-6H3/b23-22-,28-17+. The Hall–Kier alpha value is -3.63. The first-order valence-electron chi connectivity index (χ1n) is 11.0. The van der Waals surface area contributed by atoms with E-state index in [-0.39, 0.29) is 22.3 Å². The predicted molar refractivity (Wildman–Crippen MR) is 139 cm³/mol. The van der Waals surface area contributed by atoms with Crippen LogP contribution >= 0.6 is 0 Å². The third-order valence-corrected chi connectivity index (χ3v) is 7.41. The van der Waals surface area contributed by atoms with E-state index in [4.69, 9.17) is 10.2 Å². The predicted octanol–water partition coefficient (Wildman–Crippen LogP) is 3.77. The molecule has 9 nitrogen and oxygen atoms in total. The molecule has 0 saturated heterocycles. The van der Waals surface area contributed by atoms with Crippen LogP contribution in [-0.2, 0) is 16.4 Å². The summed E-state index contributed by atoms with van der Waals surface area (Å²) in [6, 6.07) is 14.3. The molecule has 0 unspecified atom stereocenters. The van der Waals surface area contributed by atoms with Crippen LogP contribution < -0.4 is 5.73 Å². The minimum Gasteiger partial charge on any atom is -0.414 e. The van der Waals surface area contributed by atoms with Crippen molar-refractivity contribution < 1.29 is 12.8 Å². The Balaban J connectivity index is 1.91. The number of hydrogen-bond acceptors (Lipinski definition) is 9. The van der Waals surface area contributed by atoms with E-state index in [9.17, 15) is 8.42 Å². The molecule has 0 amide bonds. The Morgan fingerprint density at radius 3 is 2.26 bits per heavy atom. The second kappa shape index (κ2) is 10.7. The molecule has 0 fully saturated rings. The van der Waals surface area contributed by atoms with Gasteiger partial charge in [0.2, 0.25) is 5.89 Å². The first-order chi connectivity index (χ1) is 16.5. The fourth-order valence-electron chi connectivity index (χ4n) is 3.23. The van der Waals surface area contributed by atoms with Gasteiger partial charge in [0.15, 0.2) is 21.4 Å². The van der Waals surface area contributed by atoms with E-state index in [1.165, 1.54) is 0 Å². The summed E-state index contributed by atoms with van der Waals surface area (Å²) in [6.07, 6.45) is 0. The van der Waals surface area contributed by atoms with Crippen molar-refractivity contribution >= 4 is 28.0 Å². The minimum absolute atomic E-state index is 0.0277. The van der Waals surface area contributed by atoms with Crippen molar-refractivity contribution in [2.75, 3.05) is 14.1 Å². The highest BCUT2D eigenvalue weighted by molar-refractivity contribution is 7.92. The number of aliphatic imine (C=N–C) groups is 2. The lowest BCUT2D eigenvalue weighted by atomic mass is 10.1. The van der Waals surface area contributed by atoms with E-state index >= 15 is 0 Å². The molecule has 1 aromatic heterocycles. The quantitative estimate of drug-likeness (QED) is 0.449. The van der Waals surface area contributed by atoms with Crippen LogP contribution in [0.1, 0.15) is 37.8 Å². The molecular weight excluding hydrogens is 464 g/mol. The van der Waals surface area contributed by atoms with Crippen LogP contribution in [0.25, 0.3) is 17.2 Å². The van der Waals surface area contributed by atoms with Crippen molar-refractivity contribution in [3.8, 4) is 11.5 Å². The van der Waals surface area contributed by atoms with E-state index in [1.807, 2.05) is 38.4 Å². The Morgan fingerprint density at radius 2 is 1.71 bits per heavy atom. The van der Waals surface area contributed by atoms with E-state index in [1.54, 1.807) is 45.0 Å². The maximum absolute atomic E-state index is 12.4. The van der Waals surface area contributed by atoms with Gasteiger partial charge in [0, 0.05) is 17.8 Å². The number of nitrogens with two attached hydrogens (primary N) is 1. The number of rotatable bonds is 9. The first kappa shape index (κ1) is 26.0. The number of hydrogen-bond donors (Lipinski definition) is 1. The van der Waals surface area contributed by atoms with Gasteiger partial charge in [-0.1, -0.05) is 24.3 Å². The smallest absolute Gasteiger partial charge is 0.270 e. The van der Waals surface area contributed by atoms with Crippen LogP contribution in [0.4, 0.5) is 0 Å². The minimum atomic E-state index is -3.36. The zero-order valence-corrected chi connectivity index (χ0v) is 21.4. The van der Waals surface area contributed by atoms with E-state index in [2.05, 4.69) is 31.8 Å². The Bertz CT molecular complexity index is 1350. The number of sulfone groups is 1. The van der Waals surface area contributed by atoms with Crippen molar-refractivity contribution in [2.45, 2.75) is 37.5 Å². The third-order valence-electron chi connectivity index (χ3n) is 5.24. The van der Waals surface area contributed by atoms with Gasteiger partial charge in [-0.05, 0) is 77.0 Å². The first-order valence-corrected chi connectivity index (χ1v) is 12.5. The summed E-state index contributed by atoms with van der Waals surface area (Å²) >= 11 is 0. The van der Waals surface area contributed by atoms with Crippen molar-refractivity contribution in [3.05, 3.63) is 71.4 Å². The fraction of sp³-hybridized carbons (Fsp3) is 0.280. The number of nitrogens with zero attached hydrogens (tertiary/aromatic N) is 5. The molecule has 0 aliphatic heterocycles. The summed E-state index contributed by atoms with van der Waals surface area (Å²) in [5.74, 6) is 0.447. The van der Waals surface area contributed by atoms with Gasteiger partial charge in [-0.25, -0.2) is 18.4 Å². The average molecular weight is 495 g/mol. The summed E-state index contributed by atoms with van der Waals surface area (Å²) in [7, 11) is 0.654. The number of aromatic nitrogens is 2. The van der Waals surface area contributed by atoms with Gasteiger partial charge in [0.1, 0.15) is 0 Å². The fourth-order valence-corrected chi connectivity index (χ4v) is 4.29. The topological polar surface area (TPSA) is 127 Å². The van der Waals surface area contributed by atoms with Crippen molar-refractivity contribution in [1.29, 1.82) is 0 Å². The van der Waals surface area contributed by atoms with E-state index in [0.29, 0.717) is 17.2 Å². The highest BCUT2D eigenvalue weighted by Crippen LogP contribution is 2.25. The molecule has 35 heavy (non-hydrogen) atoms. The normalized spacial score (nSPS) is 13.3. The average Bonchev–Trinajstić information content (AvgIpc) is 3.32. The maximum Gasteiger partial charge on any atom is 0.270 e. The molecule has 0 aliphatic rings. The van der Waals surface area contributed by atoms with Crippen LogP contribution in [0, 0.1) is 0 Å². The lowest BCUT2D eigenvalue weighted by Gasteiger charge is -2.09. The molecule has 0 saturated carbocycles. The van der Waals surface area contributed by atoms with E-state index < -0.39 is 15.1 Å². The molecule has 0 radical (unpaired) electrons. The summed E-state index contributed by atoms with van der Waals surface area (Å²) in [4.78, 5) is 10.7. The van der Waals surface area contributed by atoms with Gasteiger partial charge >= 0.3 is 0 Å². The Morgan fingerprint density at radius 1 is 1.09 bits per heavy atom. The molecule has 184 valence electrons. The van der Waals surface area contributed by atoms with Crippen LogP contribution in [0.3, 0.4) is 0 Å². The SMILES string of the molecule is C=N/C(N)=C(\N=C(/C)c1ccc(S(=O)(=O)C(C)C)cc1)c1nnc(-c2ccc(CN(C)C)cc2)o1. The van der Waals surface area contributed by atoms with Crippen molar-refractivity contribution in [3.63, 3.8) is 0 Å². The molecule has 3 aromatic rings. The summed E-state index contributed by atoms with van der Waals surface area (Å²) < 4.78 is 30.6. The van der Waals surface area contributed by atoms with Gasteiger partial charge in [-0.3, -0.25) is 0 Å². The second-order valence-corrected chi connectivity index (χ2v) is 11.1. The van der Waals surface area contributed by atoms with Gasteiger partial charge in [-0.15, -0.1) is 10.2 Å². The van der Waals surface area contributed by atoms with Crippen LogP contribution in [0.2, 0.25) is 0 Å². The van der Waals surface area contributed by atoms with Gasteiger partial charge in [0.25, 0.3) is 5.89 Å². The lowest BCUT2D eigenvalue weighted by molar-refractivity contribution is 0.402. The molecule has 1 heterocycles. The van der Waals surface area contributed by atoms with E-state index in [0.717, 1.165) is 17.7 Å². The van der Waals surface area contributed by atoms with Gasteiger partial charge in [-0.2, -0.15) is 0 Å². The van der Waals surface area contributed by atoms with Gasteiger partial charge in [0.05, 0.1) is 10.1 Å². The van der Waals surface area contributed by atoms with Gasteiger partial charge < -0.3 is 15.1 Å². The van der Waals surface area contributed by atoms with Crippen LogP contribution in [0.5, 0.6) is 0 Å². The second-order valence-electron chi connectivity index (χ2n) is 8.55. The molecule has 0 aliphatic carbocycles. The highest BCUT2D eigenvalue weighted by Gasteiger charge is 2.20. The van der Waals surface area contributed by atoms with Crippen LogP contribution in [0.15, 0.2) is 73.6 Å². The lowest BCUT2D eigenvalue weighted by Crippen LogP contribution is -2.14. The molecular formula is C25H30N6O3S. The zero-order chi connectivity index (χ0) is 25.8. The summed E-state index contributed by atoms with van der Waals surface area (Å²) in [5, 5.41) is 7.74. The molecule has 3 rings (SSSR count).